The number of amides is 2. The maximum absolute atomic E-state index is 13.5. The highest BCUT2D eigenvalue weighted by molar-refractivity contribution is 5.77. The number of allylic oxidation sites excluding steroid dienone is 1. The molecule has 3 saturated heterocycles. The summed E-state index contributed by atoms with van der Waals surface area (Å²) in [6.07, 6.45) is 31.7. The van der Waals surface area contributed by atoms with Crippen LogP contribution < -0.4 is 10.6 Å². The number of carboxylic acids is 1. The zero-order valence-corrected chi connectivity index (χ0v) is 62.1. The van der Waals surface area contributed by atoms with Gasteiger partial charge in [-0.3, -0.25) is 9.59 Å². The molecule has 3 fully saturated rings. The summed E-state index contributed by atoms with van der Waals surface area (Å²) in [4.78, 5) is 38.6. The summed E-state index contributed by atoms with van der Waals surface area (Å²) in [6.45, 7) is 2.15. The second-order valence-corrected chi connectivity index (χ2v) is 29.3. The number of carbonyl (C=O) groups is 3. The van der Waals surface area contributed by atoms with Crippen molar-refractivity contribution in [2.24, 2.45) is 0 Å². The maximum atomic E-state index is 13.5. The highest BCUT2D eigenvalue weighted by Crippen LogP contribution is 2.39. The van der Waals surface area contributed by atoms with Crippen molar-refractivity contribution in [1.82, 2.24) is 10.6 Å². The van der Waals surface area contributed by atoms with Gasteiger partial charge in [0.25, 0.3) is 5.79 Å². The highest BCUT2D eigenvalue weighted by atomic mass is 16.8. The van der Waals surface area contributed by atoms with Crippen molar-refractivity contribution in [3.63, 3.8) is 0 Å². The Balaban J connectivity index is 1.41. The average molecular weight is 1430 g/mol. The number of rotatable bonds is 63. The average Bonchev–Trinajstić information content (AvgIpc) is 0.757. The zero-order valence-electron chi connectivity index (χ0n) is 62.1. The van der Waals surface area contributed by atoms with E-state index in [-0.39, 0.29) is 12.3 Å². The summed E-state index contributed by atoms with van der Waals surface area (Å²) in [6, 6.07) is -2.61. The number of hydrogen-bond donors (Lipinski definition) is 14. The van der Waals surface area contributed by atoms with Crippen molar-refractivity contribution in [1.29, 1.82) is 0 Å². The minimum absolute atomic E-state index is 0.205. The molecule has 18 atom stereocenters. The van der Waals surface area contributed by atoms with Crippen LogP contribution in [0.1, 0.15) is 323 Å². The number of aliphatic hydroxyl groups is 11. The van der Waals surface area contributed by atoms with E-state index in [0.717, 1.165) is 51.9 Å². The van der Waals surface area contributed by atoms with Gasteiger partial charge in [0.15, 0.2) is 12.6 Å². The number of ether oxygens (including phenoxy) is 6. The molecule has 0 aromatic heterocycles. The van der Waals surface area contributed by atoms with Gasteiger partial charge >= 0.3 is 5.97 Å². The number of hydrogen-bond acceptors (Lipinski definition) is 20. The lowest BCUT2D eigenvalue weighted by Crippen LogP contribution is -2.70. The van der Waals surface area contributed by atoms with Crippen LogP contribution in [0.15, 0.2) is 12.2 Å². The van der Waals surface area contributed by atoms with Crippen LogP contribution in [0, 0.1) is 0 Å². The monoisotopic (exact) mass is 1430 g/mol. The first kappa shape index (κ1) is 91.7. The number of aliphatic carboxylic acids is 1. The summed E-state index contributed by atoms with van der Waals surface area (Å²) in [5, 5.41) is 136. The van der Waals surface area contributed by atoms with Gasteiger partial charge < -0.3 is 100 Å². The molecule has 588 valence electrons. The summed E-state index contributed by atoms with van der Waals surface area (Å²) in [7, 11) is 0. The Bertz CT molecular complexity index is 2050. The van der Waals surface area contributed by atoms with Crippen LogP contribution in [0.5, 0.6) is 0 Å². The minimum Gasteiger partial charge on any atom is -0.477 e. The fourth-order valence-electron chi connectivity index (χ4n) is 14.1. The molecule has 23 heteroatoms. The summed E-state index contributed by atoms with van der Waals surface area (Å²) < 4.78 is 34.8. The molecule has 14 N–H and O–H groups in total. The van der Waals surface area contributed by atoms with E-state index in [2.05, 4.69) is 24.5 Å². The molecule has 3 aliphatic rings. The van der Waals surface area contributed by atoms with Crippen LogP contribution >= 0.6 is 0 Å². The van der Waals surface area contributed by atoms with Crippen molar-refractivity contribution >= 4 is 17.8 Å². The molecule has 0 aromatic carbocycles. The topological polar surface area (TPSA) is 373 Å². The predicted octanol–water partition coefficient (Wildman–Crippen LogP) is 10.2. The molecule has 3 aliphatic heterocycles. The first-order valence-corrected chi connectivity index (χ1v) is 40.1. The Morgan fingerprint density at radius 3 is 1.33 bits per heavy atom. The fraction of sp³-hybridized carbons (Fsp3) is 0.935. The first-order valence-electron chi connectivity index (χ1n) is 40.1. The molecule has 0 spiro atoms. The molecule has 0 bridgehead atoms. The minimum atomic E-state index is -3.08. The van der Waals surface area contributed by atoms with E-state index in [1.165, 1.54) is 231 Å². The Labute approximate surface area is 601 Å². The van der Waals surface area contributed by atoms with Gasteiger partial charge in [0, 0.05) is 19.8 Å². The van der Waals surface area contributed by atoms with Crippen LogP contribution in [0.25, 0.3) is 0 Å². The van der Waals surface area contributed by atoms with Gasteiger partial charge in [-0.05, 0) is 19.3 Å². The van der Waals surface area contributed by atoms with Gasteiger partial charge in [0.1, 0.15) is 67.1 Å². The molecule has 3 heterocycles. The zero-order chi connectivity index (χ0) is 73.2. The standard InChI is InChI=1S/C77H144N2O21/c1-4-6-8-10-12-14-16-17-18-19-20-21-22-23-24-25-26-27-28-29-30-31-32-33-34-35-36-37-38-39-41-43-45-47-49-51-64(87)79-58(59(84)50-48-46-44-42-40-15-13-11-9-7-5-2)56-95-74-69(91)68(90)71(63(55-82)97-74)98-75-70(92)73(67(89)62(54-81)96-75)100-77(76(93)94)52-60(85)65(78-57(3)83)72(99-77)66(88)61(86)53-80/h48,50,58-63,65-75,80-82,84-86,88-92H,4-47,49,51-56H2,1-3H3,(H,78,83)(H,79,87)(H,93,94)/b50-48+. The maximum Gasteiger partial charge on any atom is 0.364 e. The lowest BCUT2D eigenvalue weighted by atomic mass is 9.88. The third kappa shape index (κ3) is 37.1. The molecule has 100 heavy (non-hydrogen) atoms. The highest BCUT2D eigenvalue weighted by Gasteiger charge is 2.60. The second kappa shape index (κ2) is 56.8. The number of carbonyl (C=O) groups excluding carboxylic acids is 2. The molecule has 0 aromatic rings. The SMILES string of the molecule is CCCCCCCCCCC/C=C/C(O)C(COC1OC(CO)C(OC2OC(CO)C(O)C(OC3(C(=O)O)CC(O)C(NC(C)=O)C(C(O)C(O)CO)O3)C2O)C(O)C1O)NC(=O)CCCCCCCCCCCCCCCCCCCCCCCCCCCCCCCCCCCCC. The first-order chi connectivity index (χ1) is 48.4. The van der Waals surface area contributed by atoms with Crippen LogP contribution in [0.4, 0.5) is 0 Å². The molecule has 3 rings (SSSR count). The van der Waals surface area contributed by atoms with Gasteiger partial charge in [-0.1, -0.05) is 296 Å². The number of carboxylic acid groups (broad SMARTS) is 1. The normalized spacial score (nSPS) is 27.0. The van der Waals surface area contributed by atoms with Crippen molar-refractivity contribution < 1.29 is 104 Å². The third-order valence-electron chi connectivity index (χ3n) is 20.5. The lowest BCUT2D eigenvalue weighted by molar-refractivity contribution is -0.386. The predicted molar refractivity (Wildman–Crippen MR) is 385 cm³/mol. The van der Waals surface area contributed by atoms with Crippen LogP contribution in [-0.4, -0.2) is 215 Å². The van der Waals surface area contributed by atoms with E-state index in [1.54, 1.807) is 6.08 Å². The molecule has 23 nitrogen and oxygen atoms in total. The molecule has 18 unspecified atom stereocenters. The molecule has 0 radical (unpaired) electrons. The number of nitrogens with one attached hydrogen (secondary N) is 2. The van der Waals surface area contributed by atoms with E-state index in [4.69, 9.17) is 28.4 Å². The van der Waals surface area contributed by atoms with Gasteiger partial charge in [0.05, 0.1) is 50.7 Å². The molecular formula is C77H144N2O21. The van der Waals surface area contributed by atoms with E-state index in [1.807, 2.05) is 6.08 Å². The van der Waals surface area contributed by atoms with E-state index in [0.29, 0.717) is 12.8 Å². The largest absolute Gasteiger partial charge is 0.477 e. The van der Waals surface area contributed by atoms with Crippen molar-refractivity contribution in [3.05, 3.63) is 12.2 Å². The third-order valence-corrected chi connectivity index (χ3v) is 20.5. The lowest BCUT2D eigenvalue weighted by Gasteiger charge is -2.50. The van der Waals surface area contributed by atoms with E-state index in [9.17, 15) is 75.7 Å². The Morgan fingerprint density at radius 2 is 0.930 bits per heavy atom. The number of aliphatic hydroxyl groups excluding tert-OH is 11. The summed E-state index contributed by atoms with van der Waals surface area (Å²) >= 11 is 0. The smallest absolute Gasteiger partial charge is 0.364 e. The summed E-state index contributed by atoms with van der Waals surface area (Å²) in [5.74, 6) is -6.13. The van der Waals surface area contributed by atoms with Crippen molar-refractivity contribution in [2.75, 3.05) is 26.4 Å². The Kier molecular flexibility index (Phi) is 52.0. The molecular weight excluding hydrogens is 1290 g/mol. The summed E-state index contributed by atoms with van der Waals surface area (Å²) in [5.41, 5.74) is 0. The molecule has 0 saturated carbocycles. The van der Waals surface area contributed by atoms with Gasteiger partial charge in [0.2, 0.25) is 11.8 Å². The number of unbranched alkanes of at least 4 members (excludes halogenated alkanes) is 43. The fourth-order valence-corrected chi connectivity index (χ4v) is 14.1. The van der Waals surface area contributed by atoms with E-state index >= 15 is 0 Å². The van der Waals surface area contributed by atoms with E-state index < -0.39 is 155 Å². The quantitative estimate of drug-likeness (QED) is 0.0199. The van der Waals surface area contributed by atoms with Crippen molar-refractivity contribution in [3.8, 4) is 0 Å². The molecule has 0 aliphatic carbocycles. The van der Waals surface area contributed by atoms with Crippen LogP contribution in [0.3, 0.4) is 0 Å². The van der Waals surface area contributed by atoms with Gasteiger partial charge in [-0.2, -0.15) is 0 Å². The Morgan fingerprint density at radius 1 is 0.520 bits per heavy atom. The van der Waals surface area contributed by atoms with Crippen molar-refractivity contribution in [2.45, 2.75) is 432 Å². The second-order valence-electron chi connectivity index (χ2n) is 29.3. The molecule has 2 amide bonds. The Hall–Kier alpha value is -2.53. The van der Waals surface area contributed by atoms with Gasteiger partial charge in [-0.25, -0.2) is 4.79 Å². The van der Waals surface area contributed by atoms with Gasteiger partial charge in [-0.15, -0.1) is 0 Å². The van der Waals surface area contributed by atoms with Crippen LogP contribution in [-0.2, 0) is 42.8 Å². The van der Waals surface area contributed by atoms with Crippen LogP contribution in [0.2, 0.25) is 0 Å².